The van der Waals surface area contributed by atoms with E-state index in [0.717, 1.165) is 37.4 Å². The summed E-state index contributed by atoms with van der Waals surface area (Å²) >= 11 is 3.59. The standard InChI is InChI=1S/C14H20BrNO2/c15-8-14(6-1-2-7-14)9-16-12(17)10-4-3-5-11(10)13(16)18/h10-11H,1-9H2. The number of rotatable bonds is 3. The van der Waals surface area contributed by atoms with Crippen LogP contribution in [0.2, 0.25) is 0 Å². The maximum atomic E-state index is 12.3. The lowest BCUT2D eigenvalue weighted by Gasteiger charge is -2.31. The summed E-state index contributed by atoms with van der Waals surface area (Å²) < 4.78 is 0. The monoisotopic (exact) mass is 313 g/mol. The molecule has 100 valence electrons. The fourth-order valence-electron chi connectivity index (χ4n) is 4.01. The van der Waals surface area contributed by atoms with Crippen LogP contribution < -0.4 is 0 Å². The average molecular weight is 314 g/mol. The van der Waals surface area contributed by atoms with Gasteiger partial charge < -0.3 is 0 Å². The lowest BCUT2D eigenvalue weighted by molar-refractivity contribution is -0.142. The van der Waals surface area contributed by atoms with E-state index < -0.39 is 0 Å². The molecule has 0 aromatic heterocycles. The van der Waals surface area contributed by atoms with Gasteiger partial charge in [-0.25, -0.2) is 0 Å². The first kappa shape index (κ1) is 12.6. The summed E-state index contributed by atoms with van der Waals surface area (Å²) in [4.78, 5) is 26.3. The van der Waals surface area contributed by atoms with E-state index in [0.29, 0.717) is 6.54 Å². The van der Waals surface area contributed by atoms with Crippen LogP contribution in [0.25, 0.3) is 0 Å². The van der Waals surface area contributed by atoms with E-state index in [1.54, 1.807) is 4.90 Å². The Morgan fingerprint density at radius 1 is 1.06 bits per heavy atom. The molecule has 0 aromatic carbocycles. The first-order valence-corrected chi connectivity index (χ1v) is 8.20. The molecule has 0 bridgehead atoms. The smallest absolute Gasteiger partial charge is 0.233 e. The van der Waals surface area contributed by atoms with Crippen molar-refractivity contribution in [2.75, 3.05) is 11.9 Å². The second kappa shape index (κ2) is 4.62. The van der Waals surface area contributed by atoms with Crippen LogP contribution in [0.4, 0.5) is 0 Å². The van der Waals surface area contributed by atoms with Crippen molar-refractivity contribution < 1.29 is 9.59 Å². The Kier molecular flexibility index (Phi) is 3.25. The molecule has 0 spiro atoms. The molecule has 3 aliphatic rings. The molecule has 18 heavy (non-hydrogen) atoms. The maximum absolute atomic E-state index is 12.3. The highest BCUT2D eigenvalue weighted by Gasteiger charge is 2.51. The van der Waals surface area contributed by atoms with Crippen molar-refractivity contribution in [2.45, 2.75) is 44.9 Å². The van der Waals surface area contributed by atoms with E-state index >= 15 is 0 Å². The molecule has 2 unspecified atom stereocenters. The molecule has 0 radical (unpaired) electrons. The first-order chi connectivity index (χ1) is 8.67. The molecule has 2 saturated carbocycles. The van der Waals surface area contributed by atoms with Gasteiger partial charge in [-0.3, -0.25) is 14.5 Å². The zero-order valence-corrected chi connectivity index (χ0v) is 12.2. The minimum Gasteiger partial charge on any atom is -0.282 e. The van der Waals surface area contributed by atoms with Crippen LogP contribution in [-0.4, -0.2) is 28.6 Å². The van der Waals surface area contributed by atoms with Crippen molar-refractivity contribution in [2.24, 2.45) is 17.3 Å². The van der Waals surface area contributed by atoms with Crippen molar-refractivity contribution in [3.05, 3.63) is 0 Å². The number of alkyl halides is 1. The van der Waals surface area contributed by atoms with Gasteiger partial charge in [0, 0.05) is 11.9 Å². The van der Waals surface area contributed by atoms with Crippen molar-refractivity contribution >= 4 is 27.7 Å². The van der Waals surface area contributed by atoms with Gasteiger partial charge >= 0.3 is 0 Å². The topological polar surface area (TPSA) is 37.4 Å². The van der Waals surface area contributed by atoms with Gasteiger partial charge in [-0.05, 0) is 31.1 Å². The number of halogens is 1. The number of hydrogen-bond donors (Lipinski definition) is 0. The third kappa shape index (κ3) is 1.84. The van der Waals surface area contributed by atoms with Gasteiger partial charge in [-0.2, -0.15) is 0 Å². The zero-order chi connectivity index (χ0) is 12.8. The molecule has 1 saturated heterocycles. The number of imide groups is 1. The molecule has 3 rings (SSSR count). The Balaban J connectivity index is 1.77. The van der Waals surface area contributed by atoms with Crippen LogP contribution in [0.3, 0.4) is 0 Å². The number of hydrogen-bond acceptors (Lipinski definition) is 2. The van der Waals surface area contributed by atoms with Gasteiger partial charge in [-0.1, -0.05) is 35.2 Å². The van der Waals surface area contributed by atoms with E-state index in [1.165, 1.54) is 12.8 Å². The molecule has 2 amide bonds. The number of carbonyl (C=O) groups is 2. The van der Waals surface area contributed by atoms with Crippen molar-refractivity contribution in [3.63, 3.8) is 0 Å². The average Bonchev–Trinajstić information content (AvgIpc) is 3.07. The third-order valence-corrected chi connectivity index (χ3v) is 6.31. The van der Waals surface area contributed by atoms with Gasteiger partial charge in [0.2, 0.25) is 11.8 Å². The third-order valence-electron chi connectivity index (χ3n) is 5.12. The van der Waals surface area contributed by atoms with Crippen LogP contribution in [0, 0.1) is 17.3 Å². The second-order valence-corrected chi connectivity index (χ2v) is 6.81. The van der Waals surface area contributed by atoms with E-state index in [1.807, 2.05) is 0 Å². The molecule has 4 heteroatoms. The Morgan fingerprint density at radius 3 is 2.11 bits per heavy atom. The Morgan fingerprint density at radius 2 is 1.61 bits per heavy atom. The van der Waals surface area contributed by atoms with Crippen LogP contribution in [0.1, 0.15) is 44.9 Å². The summed E-state index contributed by atoms with van der Waals surface area (Å²) in [6, 6.07) is 0. The summed E-state index contributed by atoms with van der Waals surface area (Å²) in [7, 11) is 0. The second-order valence-electron chi connectivity index (χ2n) is 6.25. The maximum Gasteiger partial charge on any atom is 0.233 e. The molecule has 1 heterocycles. The normalized spacial score (nSPS) is 34.4. The Labute approximate surface area is 116 Å². The van der Waals surface area contributed by atoms with Gasteiger partial charge in [0.05, 0.1) is 11.8 Å². The zero-order valence-electron chi connectivity index (χ0n) is 10.7. The number of amides is 2. The summed E-state index contributed by atoms with van der Waals surface area (Å²) in [5.41, 5.74) is 0.157. The molecule has 1 aliphatic heterocycles. The molecule has 2 aliphatic carbocycles. The fraction of sp³-hybridized carbons (Fsp3) is 0.857. The van der Waals surface area contributed by atoms with Gasteiger partial charge in [0.15, 0.2) is 0 Å². The van der Waals surface area contributed by atoms with Gasteiger partial charge in [-0.15, -0.1) is 0 Å². The van der Waals surface area contributed by atoms with Crippen molar-refractivity contribution in [1.82, 2.24) is 4.90 Å². The lowest BCUT2D eigenvalue weighted by Crippen LogP contribution is -2.41. The number of fused-ring (bicyclic) bond motifs is 1. The lowest BCUT2D eigenvalue weighted by atomic mass is 9.88. The van der Waals surface area contributed by atoms with Crippen molar-refractivity contribution in [3.8, 4) is 0 Å². The predicted octanol–water partition coefficient (Wildman–Crippen LogP) is 2.73. The molecular formula is C14H20BrNO2. The van der Waals surface area contributed by atoms with Gasteiger partial charge in [0.25, 0.3) is 0 Å². The summed E-state index contributed by atoms with van der Waals surface area (Å²) in [5, 5.41) is 0.909. The van der Waals surface area contributed by atoms with E-state index in [4.69, 9.17) is 0 Å². The van der Waals surface area contributed by atoms with Crippen LogP contribution in [0.5, 0.6) is 0 Å². The summed E-state index contributed by atoms with van der Waals surface area (Å²) in [6.07, 6.45) is 7.64. The van der Waals surface area contributed by atoms with Gasteiger partial charge in [0.1, 0.15) is 0 Å². The molecule has 0 N–H and O–H groups in total. The summed E-state index contributed by atoms with van der Waals surface area (Å²) in [5.74, 6) is 0.280. The van der Waals surface area contributed by atoms with E-state index in [-0.39, 0.29) is 29.1 Å². The van der Waals surface area contributed by atoms with Crippen LogP contribution in [0.15, 0.2) is 0 Å². The fourth-order valence-corrected chi connectivity index (χ4v) is 4.75. The number of likely N-dealkylation sites (tertiary alicyclic amines) is 1. The number of carbonyl (C=O) groups excluding carboxylic acids is 2. The first-order valence-electron chi connectivity index (χ1n) is 7.08. The quantitative estimate of drug-likeness (QED) is 0.593. The highest BCUT2D eigenvalue weighted by atomic mass is 79.9. The van der Waals surface area contributed by atoms with Crippen molar-refractivity contribution in [1.29, 1.82) is 0 Å². The molecule has 2 atom stereocenters. The Hall–Kier alpha value is -0.380. The largest absolute Gasteiger partial charge is 0.282 e. The summed E-state index contributed by atoms with van der Waals surface area (Å²) in [6.45, 7) is 0.656. The van der Waals surface area contributed by atoms with Crippen LogP contribution >= 0.6 is 15.9 Å². The minimum absolute atomic E-state index is 0.0197. The molecule has 3 fully saturated rings. The van der Waals surface area contributed by atoms with Crippen LogP contribution in [-0.2, 0) is 9.59 Å². The SMILES string of the molecule is O=C1C2CCCC2C(=O)N1CC1(CBr)CCCC1. The molecule has 3 nitrogen and oxygen atoms in total. The highest BCUT2D eigenvalue weighted by molar-refractivity contribution is 9.09. The molecule has 0 aromatic rings. The predicted molar refractivity (Wildman–Crippen MR) is 72.2 cm³/mol. The number of nitrogens with zero attached hydrogens (tertiary/aromatic N) is 1. The Bertz CT molecular complexity index is 354. The minimum atomic E-state index is 0.0197. The molecular weight excluding hydrogens is 294 g/mol. The van der Waals surface area contributed by atoms with E-state index in [2.05, 4.69) is 15.9 Å². The van der Waals surface area contributed by atoms with E-state index in [9.17, 15) is 9.59 Å². The highest BCUT2D eigenvalue weighted by Crippen LogP contribution is 2.45.